The molecule has 19 heavy (non-hydrogen) atoms. The molecule has 4 nitrogen and oxygen atoms in total. The van der Waals surface area contributed by atoms with E-state index in [0.717, 1.165) is 13.0 Å². The second-order valence-electron chi connectivity index (χ2n) is 4.25. The molecule has 1 aromatic heterocycles. The predicted octanol–water partition coefficient (Wildman–Crippen LogP) is 3.59. The first-order valence-electron chi connectivity index (χ1n) is 6.14. The number of benzene rings is 1. The van der Waals surface area contributed by atoms with E-state index < -0.39 is 5.82 Å². The Balaban J connectivity index is 2.18. The van der Waals surface area contributed by atoms with Crippen LogP contribution >= 0.6 is 11.6 Å². The van der Waals surface area contributed by atoms with Crippen LogP contribution in [-0.2, 0) is 0 Å². The van der Waals surface area contributed by atoms with E-state index in [1.54, 1.807) is 6.07 Å². The van der Waals surface area contributed by atoms with Gasteiger partial charge in [0.05, 0.1) is 11.1 Å². The smallest absolute Gasteiger partial charge is 0.247 e. The molecule has 6 heteroatoms. The van der Waals surface area contributed by atoms with Gasteiger partial charge >= 0.3 is 0 Å². The first-order chi connectivity index (χ1) is 9.11. The number of hydrogen-bond donors (Lipinski definition) is 1. The molecule has 102 valence electrons. The maximum absolute atomic E-state index is 13.4. The Kier molecular flexibility index (Phi) is 4.50. The lowest BCUT2D eigenvalue weighted by Crippen LogP contribution is -2.19. The molecule has 0 saturated carbocycles. The van der Waals surface area contributed by atoms with E-state index >= 15 is 0 Å². The molecule has 1 atom stereocenters. The summed E-state index contributed by atoms with van der Waals surface area (Å²) in [6, 6.07) is 4.37. The lowest BCUT2D eigenvalue weighted by molar-refractivity contribution is 0.423. The van der Waals surface area contributed by atoms with Gasteiger partial charge in [-0.2, -0.15) is 0 Å². The summed E-state index contributed by atoms with van der Waals surface area (Å²) >= 11 is 5.63. The largest absolute Gasteiger partial charge is 0.419 e. The minimum absolute atomic E-state index is 0.0293. The molecule has 1 aromatic carbocycles. The Morgan fingerprint density at radius 3 is 2.89 bits per heavy atom. The molecular weight excluding hydrogens is 269 g/mol. The Morgan fingerprint density at radius 1 is 1.42 bits per heavy atom. The highest BCUT2D eigenvalue weighted by atomic mass is 35.5. The van der Waals surface area contributed by atoms with Gasteiger partial charge in [0.2, 0.25) is 11.8 Å². The van der Waals surface area contributed by atoms with Crippen LogP contribution in [0.25, 0.3) is 11.5 Å². The van der Waals surface area contributed by atoms with Crippen molar-refractivity contribution >= 4 is 11.6 Å². The highest BCUT2D eigenvalue weighted by Crippen LogP contribution is 2.24. The van der Waals surface area contributed by atoms with Gasteiger partial charge in [-0.1, -0.05) is 18.5 Å². The van der Waals surface area contributed by atoms with Gasteiger partial charge in [-0.3, -0.25) is 0 Å². The molecule has 1 unspecified atom stereocenters. The monoisotopic (exact) mass is 283 g/mol. The van der Waals surface area contributed by atoms with E-state index in [2.05, 4.69) is 22.4 Å². The first-order valence-corrected chi connectivity index (χ1v) is 6.51. The molecule has 0 aliphatic carbocycles. The van der Waals surface area contributed by atoms with Crippen LogP contribution in [0.3, 0.4) is 0 Å². The van der Waals surface area contributed by atoms with Gasteiger partial charge in [0.1, 0.15) is 5.82 Å². The van der Waals surface area contributed by atoms with Gasteiger partial charge in [-0.05, 0) is 38.1 Å². The first kappa shape index (κ1) is 14.0. The number of aromatic nitrogens is 2. The molecule has 2 rings (SSSR count). The van der Waals surface area contributed by atoms with Crippen LogP contribution in [0.15, 0.2) is 22.6 Å². The van der Waals surface area contributed by atoms with Crippen LogP contribution < -0.4 is 5.32 Å². The number of halogens is 2. The fraction of sp³-hybridized carbons (Fsp3) is 0.385. The molecule has 0 aliphatic heterocycles. The summed E-state index contributed by atoms with van der Waals surface area (Å²) < 4.78 is 18.9. The molecule has 0 bridgehead atoms. The van der Waals surface area contributed by atoms with Crippen molar-refractivity contribution in [3.8, 4) is 11.5 Å². The van der Waals surface area contributed by atoms with Gasteiger partial charge in [-0.15, -0.1) is 10.2 Å². The van der Waals surface area contributed by atoms with Crippen molar-refractivity contribution in [3.63, 3.8) is 0 Å². The minimum Gasteiger partial charge on any atom is -0.419 e. The van der Waals surface area contributed by atoms with E-state index in [1.165, 1.54) is 12.1 Å². The average Bonchev–Trinajstić information content (AvgIpc) is 2.89. The van der Waals surface area contributed by atoms with E-state index in [4.69, 9.17) is 16.0 Å². The number of rotatable bonds is 5. The SMILES string of the molecule is CCCNC(C)c1nnc(-c2ccc(Cl)c(F)c2)o1. The third kappa shape index (κ3) is 3.30. The third-order valence-electron chi connectivity index (χ3n) is 2.68. The van der Waals surface area contributed by atoms with E-state index in [9.17, 15) is 4.39 Å². The van der Waals surface area contributed by atoms with Crippen LogP contribution in [0.1, 0.15) is 32.2 Å². The van der Waals surface area contributed by atoms with E-state index in [0.29, 0.717) is 11.5 Å². The molecule has 1 heterocycles. The zero-order valence-corrected chi connectivity index (χ0v) is 11.5. The maximum atomic E-state index is 13.4. The molecule has 0 spiro atoms. The molecular formula is C13H15ClFN3O. The van der Waals surface area contributed by atoms with E-state index in [-0.39, 0.29) is 17.0 Å². The Bertz CT molecular complexity index is 559. The number of nitrogens with zero attached hydrogens (tertiary/aromatic N) is 2. The van der Waals surface area contributed by atoms with Gasteiger partial charge in [-0.25, -0.2) is 4.39 Å². The molecule has 0 amide bonds. The lowest BCUT2D eigenvalue weighted by atomic mass is 10.2. The Labute approximate surface area is 116 Å². The summed E-state index contributed by atoms with van der Waals surface area (Å²) in [7, 11) is 0. The quantitative estimate of drug-likeness (QED) is 0.911. The highest BCUT2D eigenvalue weighted by molar-refractivity contribution is 6.30. The summed E-state index contributed by atoms with van der Waals surface area (Å²) in [5, 5.41) is 11.2. The summed E-state index contributed by atoms with van der Waals surface area (Å²) in [6.07, 6.45) is 1.02. The van der Waals surface area contributed by atoms with Crippen LogP contribution in [0.5, 0.6) is 0 Å². The van der Waals surface area contributed by atoms with Crippen molar-refractivity contribution < 1.29 is 8.81 Å². The third-order valence-corrected chi connectivity index (χ3v) is 2.98. The zero-order chi connectivity index (χ0) is 13.8. The van der Waals surface area contributed by atoms with Crippen molar-refractivity contribution in [2.45, 2.75) is 26.3 Å². The molecule has 0 saturated heterocycles. The second-order valence-corrected chi connectivity index (χ2v) is 4.66. The van der Waals surface area contributed by atoms with E-state index in [1.807, 2.05) is 6.92 Å². The van der Waals surface area contributed by atoms with Crippen LogP contribution in [-0.4, -0.2) is 16.7 Å². The minimum atomic E-state index is -0.504. The van der Waals surface area contributed by atoms with Crippen molar-refractivity contribution in [3.05, 3.63) is 34.9 Å². The van der Waals surface area contributed by atoms with Crippen molar-refractivity contribution in [1.82, 2.24) is 15.5 Å². The molecule has 0 radical (unpaired) electrons. The lowest BCUT2D eigenvalue weighted by Gasteiger charge is -2.07. The fourth-order valence-corrected chi connectivity index (χ4v) is 1.72. The highest BCUT2D eigenvalue weighted by Gasteiger charge is 2.15. The normalized spacial score (nSPS) is 12.6. The van der Waals surface area contributed by atoms with Crippen LogP contribution in [0, 0.1) is 5.82 Å². The number of nitrogens with one attached hydrogen (secondary N) is 1. The fourth-order valence-electron chi connectivity index (χ4n) is 1.60. The molecule has 1 N–H and O–H groups in total. The van der Waals surface area contributed by atoms with Gasteiger partial charge in [0, 0.05) is 5.56 Å². The molecule has 0 fully saturated rings. The summed E-state index contributed by atoms with van der Waals surface area (Å²) in [5.41, 5.74) is 0.517. The van der Waals surface area contributed by atoms with Crippen LogP contribution in [0.2, 0.25) is 5.02 Å². The topological polar surface area (TPSA) is 51.0 Å². The second kappa shape index (κ2) is 6.12. The van der Waals surface area contributed by atoms with Crippen molar-refractivity contribution in [2.75, 3.05) is 6.54 Å². The van der Waals surface area contributed by atoms with Crippen LogP contribution in [0.4, 0.5) is 4.39 Å². The summed E-state index contributed by atoms with van der Waals surface area (Å²) in [5.74, 6) is 0.269. The summed E-state index contributed by atoms with van der Waals surface area (Å²) in [6.45, 7) is 4.89. The van der Waals surface area contributed by atoms with Gasteiger partial charge in [0.15, 0.2) is 0 Å². The van der Waals surface area contributed by atoms with Gasteiger partial charge < -0.3 is 9.73 Å². The molecule has 0 aliphatic rings. The Morgan fingerprint density at radius 2 is 2.21 bits per heavy atom. The maximum Gasteiger partial charge on any atom is 0.247 e. The predicted molar refractivity (Wildman–Crippen MR) is 71.4 cm³/mol. The standard InChI is InChI=1S/C13H15ClFN3O/c1-3-6-16-8(2)12-17-18-13(19-12)9-4-5-10(14)11(15)7-9/h4-5,7-8,16H,3,6H2,1-2H3. The van der Waals surface area contributed by atoms with Gasteiger partial charge in [0.25, 0.3) is 0 Å². The van der Waals surface area contributed by atoms with Crippen molar-refractivity contribution in [1.29, 1.82) is 0 Å². The summed E-state index contributed by atoms with van der Waals surface area (Å²) in [4.78, 5) is 0. The number of hydrogen-bond acceptors (Lipinski definition) is 4. The molecule has 2 aromatic rings. The average molecular weight is 284 g/mol. The zero-order valence-electron chi connectivity index (χ0n) is 10.8. The van der Waals surface area contributed by atoms with Crippen molar-refractivity contribution in [2.24, 2.45) is 0 Å². The Hall–Kier alpha value is -1.46.